The standard InChI is InChI=1S/C71H76N4/c1-67(2,3)49-26-16-44(17-27-49)63(45-18-28-50(29-19-45)68(4,5)6)55-43-62-66(48-24-34-53(35-25-48)71(13,14)15)60-41-40-59(74-60)65(47-22-32-52(33-23-47)70(10,11)12)58-39-38-57(73-58)64(46-20-30-51(31-21-46)69(7,8)9)56-37-36-54(72-56)42-61(55)75-62/h16-43,63,72,74H,1-15H3. The Kier molecular flexibility index (Phi) is 12.8. The first-order valence-electron chi connectivity index (χ1n) is 27.0. The van der Waals surface area contributed by atoms with Crippen molar-refractivity contribution in [1.82, 2.24) is 19.9 Å². The van der Waals surface area contributed by atoms with E-state index >= 15 is 0 Å². The number of allylic oxidation sites excluding steroid dienone is 1. The molecule has 0 saturated heterocycles. The summed E-state index contributed by atoms with van der Waals surface area (Å²) in [6.45, 7) is 34.2. The molecular formula is C71H76N4. The zero-order valence-corrected chi connectivity index (χ0v) is 47.1. The van der Waals surface area contributed by atoms with E-state index in [1.54, 1.807) is 0 Å². The van der Waals surface area contributed by atoms with Gasteiger partial charge in [0.15, 0.2) is 0 Å². The maximum Gasteiger partial charge on any atom is 0.0740 e. The Morgan fingerprint density at radius 1 is 0.333 bits per heavy atom. The normalized spacial score (nSPS) is 13.4. The topological polar surface area (TPSA) is 57.4 Å². The van der Waals surface area contributed by atoms with Crippen LogP contribution in [0.1, 0.15) is 171 Å². The quantitative estimate of drug-likeness (QED) is 0.174. The fourth-order valence-corrected chi connectivity index (χ4v) is 10.7. The monoisotopic (exact) mass is 985 g/mol. The minimum absolute atomic E-state index is 0.00467. The third-order valence-electron chi connectivity index (χ3n) is 15.4. The Bertz CT molecular complexity index is 3590. The second-order valence-corrected chi connectivity index (χ2v) is 26.2. The lowest BCUT2D eigenvalue weighted by Crippen LogP contribution is -2.12. The van der Waals surface area contributed by atoms with Crippen molar-refractivity contribution in [3.8, 4) is 33.4 Å². The molecule has 0 radical (unpaired) electrons. The molecule has 5 heterocycles. The van der Waals surface area contributed by atoms with Crippen molar-refractivity contribution >= 4 is 45.9 Å². The number of benzene rings is 5. The van der Waals surface area contributed by atoms with Gasteiger partial charge in [0.05, 0.1) is 22.8 Å². The summed E-state index contributed by atoms with van der Waals surface area (Å²) in [6.07, 6.45) is 6.75. The van der Waals surface area contributed by atoms with E-state index in [0.717, 1.165) is 83.8 Å². The first-order chi connectivity index (χ1) is 35.3. The van der Waals surface area contributed by atoms with Crippen LogP contribution in [0.5, 0.6) is 0 Å². The number of hydrogen-bond acceptors (Lipinski definition) is 2. The molecule has 8 bridgehead atoms. The molecule has 0 unspecified atom stereocenters. The first-order valence-corrected chi connectivity index (χ1v) is 27.0. The zero-order chi connectivity index (χ0) is 53.4. The largest absolute Gasteiger partial charge is 0.355 e. The van der Waals surface area contributed by atoms with Crippen LogP contribution in [-0.4, -0.2) is 19.9 Å². The highest BCUT2D eigenvalue weighted by atomic mass is 14.8. The zero-order valence-electron chi connectivity index (χ0n) is 47.1. The number of H-pyrrole nitrogens is 2. The van der Waals surface area contributed by atoms with Crippen molar-refractivity contribution in [3.05, 3.63) is 213 Å². The predicted molar refractivity (Wildman–Crippen MR) is 322 cm³/mol. The summed E-state index contributed by atoms with van der Waals surface area (Å²) >= 11 is 0. The third-order valence-corrected chi connectivity index (χ3v) is 15.4. The maximum atomic E-state index is 5.79. The van der Waals surface area contributed by atoms with Gasteiger partial charge in [-0.2, -0.15) is 0 Å². The number of nitrogens with one attached hydrogen (secondary N) is 2. The van der Waals surface area contributed by atoms with E-state index in [0.29, 0.717) is 0 Å². The second-order valence-electron chi connectivity index (χ2n) is 26.2. The number of hydrogen-bond donors (Lipinski definition) is 2. The van der Waals surface area contributed by atoms with E-state index in [2.05, 4.69) is 284 Å². The SMILES string of the molecule is CC(C)(C)c1ccc(-c2c3nc(c(-c4ccc(C(C)(C)C)cc4)c4ccc([nH]4)c(-c4ccc(C(C)(C)C)cc4)c4nc(cc5ccc2[nH]5)C(C(c2ccc(C(C)(C)C)cc2)c2ccc(C(C)(C)C)cc2)=C4)C=C3)cc1. The van der Waals surface area contributed by atoms with Crippen molar-refractivity contribution in [2.45, 2.75) is 137 Å². The lowest BCUT2D eigenvalue weighted by molar-refractivity contribution is 0.589. The van der Waals surface area contributed by atoms with Crippen molar-refractivity contribution < 1.29 is 0 Å². The Labute approximate surface area is 447 Å². The van der Waals surface area contributed by atoms with E-state index in [9.17, 15) is 0 Å². The van der Waals surface area contributed by atoms with Gasteiger partial charge >= 0.3 is 0 Å². The molecule has 0 atom stereocenters. The second kappa shape index (κ2) is 18.8. The summed E-state index contributed by atoms with van der Waals surface area (Å²) in [6, 6.07) is 57.0. The molecule has 10 rings (SSSR count). The molecule has 5 aromatic carbocycles. The summed E-state index contributed by atoms with van der Waals surface area (Å²) in [5.74, 6) is -0.119. The number of nitrogens with zero attached hydrogens (tertiary/aromatic N) is 2. The van der Waals surface area contributed by atoms with Crippen LogP contribution in [0.15, 0.2) is 152 Å². The first kappa shape index (κ1) is 51.2. The van der Waals surface area contributed by atoms with Gasteiger partial charge in [-0.25, -0.2) is 9.97 Å². The smallest absolute Gasteiger partial charge is 0.0740 e. The number of aromatic amines is 2. The summed E-state index contributed by atoms with van der Waals surface area (Å²) in [5.41, 5.74) is 24.1. The minimum Gasteiger partial charge on any atom is -0.355 e. The average molecular weight is 985 g/mol. The molecule has 0 saturated carbocycles. The van der Waals surface area contributed by atoms with Crippen LogP contribution < -0.4 is 0 Å². The molecule has 8 aromatic rings. The van der Waals surface area contributed by atoms with Crippen molar-refractivity contribution in [2.24, 2.45) is 0 Å². The van der Waals surface area contributed by atoms with Gasteiger partial charge in [0.25, 0.3) is 0 Å². The molecule has 0 spiro atoms. The molecule has 0 aliphatic carbocycles. The molecule has 0 amide bonds. The lowest BCUT2D eigenvalue weighted by Gasteiger charge is -2.24. The molecule has 4 nitrogen and oxygen atoms in total. The molecule has 3 aromatic heterocycles. The van der Waals surface area contributed by atoms with Gasteiger partial charge in [-0.15, -0.1) is 0 Å². The molecule has 75 heavy (non-hydrogen) atoms. The minimum atomic E-state index is -0.119. The summed E-state index contributed by atoms with van der Waals surface area (Å²) < 4.78 is 0. The Balaban J connectivity index is 1.33. The maximum absolute atomic E-state index is 5.79. The Morgan fingerprint density at radius 3 is 1.01 bits per heavy atom. The van der Waals surface area contributed by atoms with Crippen LogP contribution in [-0.2, 0) is 27.1 Å². The summed E-state index contributed by atoms with van der Waals surface area (Å²) in [5, 5.41) is 0. The van der Waals surface area contributed by atoms with Crippen LogP contribution in [0, 0.1) is 0 Å². The van der Waals surface area contributed by atoms with Gasteiger partial charge in [-0.3, -0.25) is 0 Å². The number of rotatable bonds is 6. The highest BCUT2D eigenvalue weighted by molar-refractivity contribution is 6.00. The van der Waals surface area contributed by atoms with Gasteiger partial charge in [-0.05, 0) is 137 Å². The lowest BCUT2D eigenvalue weighted by atomic mass is 9.79. The fourth-order valence-electron chi connectivity index (χ4n) is 10.7. The predicted octanol–water partition coefficient (Wildman–Crippen LogP) is 19.3. The molecule has 380 valence electrons. The molecule has 0 fully saturated rings. The van der Waals surface area contributed by atoms with Crippen molar-refractivity contribution in [1.29, 1.82) is 0 Å². The molecule has 2 N–H and O–H groups in total. The van der Waals surface area contributed by atoms with Crippen LogP contribution in [0.2, 0.25) is 0 Å². The van der Waals surface area contributed by atoms with Crippen LogP contribution >= 0.6 is 0 Å². The van der Waals surface area contributed by atoms with Crippen LogP contribution in [0.3, 0.4) is 0 Å². The highest BCUT2D eigenvalue weighted by Gasteiger charge is 2.29. The number of fused-ring (bicyclic) bond motifs is 8. The third kappa shape index (κ3) is 10.4. The van der Waals surface area contributed by atoms with Gasteiger partial charge in [0, 0.05) is 44.7 Å². The van der Waals surface area contributed by atoms with Crippen LogP contribution in [0.25, 0.3) is 79.2 Å². The van der Waals surface area contributed by atoms with E-state index in [1.807, 2.05) is 0 Å². The van der Waals surface area contributed by atoms with E-state index in [-0.39, 0.29) is 33.0 Å². The fraction of sp³-hybridized carbons (Fsp3) is 0.296. The van der Waals surface area contributed by atoms with Gasteiger partial charge in [0.1, 0.15) is 0 Å². The number of aromatic nitrogens is 4. The highest BCUT2D eigenvalue weighted by Crippen LogP contribution is 2.45. The molecule has 4 heteroatoms. The molecular weight excluding hydrogens is 909 g/mol. The average Bonchev–Trinajstić information content (AvgIpc) is 4.19. The molecule has 2 aliphatic heterocycles. The summed E-state index contributed by atoms with van der Waals surface area (Å²) in [7, 11) is 0. The van der Waals surface area contributed by atoms with Gasteiger partial charge < -0.3 is 9.97 Å². The van der Waals surface area contributed by atoms with Gasteiger partial charge in [0.2, 0.25) is 0 Å². The van der Waals surface area contributed by atoms with Crippen molar-refractivity contribution in [2.75, 3.05) is 0 Å². The van der Waals surface area contributed by atoms with E-state index in [4.69, 9.17) is 9.97 Å². The van der Waals surface area contributed by atoms with Crippen molar-refractivity contribution in [3.63, 3.8) is 0 Å². The Hall–Kier alpha value is -7.30. The van der Waals surface area contributed by atoms with Crippen LogP contribution in [0.4, 0.5) is 0 Å². The summed E-state index contributed by atoms with van der Waals surface area (Å²) in [4.78, 5) is 19.3. The van der Waals surface area contributed by atoms with E-state index < -0.39 is 0 Å². The van der Waals surface area contributed by atoms with Gasteiger partial charge in [-0.1, -0.05) is 225 Å². The Morgan fingerprint density at radius 2 is 0.653 bits per heavy atom. The molecule has 2 aliphatic rings. The van der Waals surface area contributed by atoms with E-state index in [1.165, 1.54) is 38.9 Å².